The van der Waals surface area contributed by atoms with Gasteiger partial charge in [0.1, 0.15) is 0 Å². The Balaban J connectivity index is 3.33. The summed E-state index contributed by atoms with van der Waals surface area (Å²) >= 11 is 0. The van der Waals surface area contributed by atoms with Gasteiger partial charge in [0.25, 0.3) is 0 Å². The van der Waals surface area contributed by atoms with Crippen LogP contribution in [0.2, 0.25) is 0 Å². The largest absolute Gasteiger partial charge is 0.355 e. The molecular formula is C12H22N2O. The van der Waals surface area contributed by atoms with Crippen molar-refractivity contribution in [3.05, 3.63) is 0 Å². The van der Waals surface area contributed by atoms with Gasteiger partial charge in [-0.2, -0.15) is 0 Å². The molecule has 0 bridgehead atoms. The first-order valence-corrected chi connectivity index (χ1v) is 5.62. The van der Waals surface area contributed by atoms with Crippen molar-refractivity contribution in [2.75, 3.05) is 19.6 Å². The molecule has 3 heteroatoms. The lowest BCUT2D eigenvalue weighted by Gasteiger charge is -2.04. The van der Waals surface area contributed by atoms with Crippen molar-refractivity contribution in [3.63, 3.8) is 0 Å². The van der Waals surface area contributed by atoms with Crippen LogP contribution < -0.4 is 10.6 Å². The van der Waals surface area contributed by atoms with Gasteiger partial charge in [0, 0.05) is 31.8 Å². The smallest absolute Gasteiger partial charge is 0.222 e. The maximum atomic E-state index is 11.1. The lowest BCUT2D eigenvalue weighted by molar-refractivity contribution is -0.123. The van der Waals surface area contributed by atoms with Gasteiger partial charge in [0.2, 0.25) is 5.91 Å². The topological polar surface area (TPSA) is 41.1 Å². The number of rotatable bonds is 6. The summed E-state index contributed by atoms with van der Waals surface area (Å²) in [4.78, 5) is 11.1. The molecule has 0 atom stereocenters. The van der Waals surface area contributed by atoms with E-state index in [1.165, 1.54) is 0 Å². The minimum absolute atomic E-state index is 0.0618. The molecule has 0 saturated carbocycles. The van der Waals surface area contributed by atoms with Gasteiger partial charge in [-0.3, -0.25) is 4.79 Å². The zero-order valence-electron chi connectivity index (χ0n) is 10.0. The van der Waals surface area contributed by atoms with Gasteiger partial charge in [-0.15, -0.1) is 11.8 Å². The maximum Gasteiger partial charge on any atom is 0.222 e. The molecule has 0 aliphatic heterocycles. The van der Waals surface area contributed by atoms with Crippen molar-refractivity contribution in [1.29, 1.82) is 0 Å². The van der Waals surface area contributed by atoms with E-state index in [1.807, 2.05) is 13.8 Å². The summed E-state index contributed by atoms with van der Waals surface area (Å²) < 4.78 is 0. The maximum absolute atomic E-state index is 11.1. The van der Waals surface area contributed by atoms with Crippen molar-refractivity contribution in [1.82, 2.24) is 10.6 Å². The Kier molecular flexibility index (Phi) is 8.90. The predicted octanol–water partition coefficient (Wildman–Crippen LogP) is 1.15. The molecule has 1 amide bonds. The van der Waals surface area contributed by atoms with E-state index in [-0.39, 0.29) is 11.8 Å². The fourth-order valence-electron chi connectivity index (χ4n) is 0.957. The van der Waals surface area contributed by atoms with Crippen molar-refractivity contribution < 1.29 is 4.79 Å². The van der Waals surface area contributed by atoms with Gasteiger partial charge in [0.15, 0.2) is 0 Å². The van der Waals surface area contributed by atoms with Crippen LogP contribution >= 0.6 is 0 Å². The number of nitrogens with one attached hydrogen (secondary N) is 2. The van der Waals surface area contributed by atoms with E-state index in [9.17, 15) is 4.79 Å². The normalized spacial score (nSPS) is 9.60. The molecule has 0 aromatic heterocycles. The minimum atomic E-state index is 0.0618. The monoisotopic (exact) mass is 210 g/mol. The number of carbonyl (C=O) groups is 1. The number of carbonyl (C=O) groups excluding carboxylic acids is 1. The number of hydrogen-bond acceptors (Lipinski definition) is 2. The molecule has 2 N–H and O–H groups in total. The molecule has 0 unspecified atom stereocenters. The van der Waals surface area contributed by atoms with E-state index >= 15 is 0 Å². The Morgan fingerprint density at radius 1 is 1.20 bits per heavy atom. The average Bonchev–Trinajstić information content (AvgIpc) is 2.21. The summed E-state index contributed by atoms with van der Waals surface area (Å²) in [7, 11) is 0. The van der Waals surface area contributed by atoms with Crippen LogP contribution in [0.15, 0.2) is 0 Å². The number of amides is 1. The summed E-state index contributed by atoms with van der Waals surface area (Å²) in [6, 6.07) is 0. The summed E-state index contributed by atoms with van der Waals surface area (Å²) in [5, 5.41) is 6.03. The van der Waals surface area contributed by atoms with E-state index in [1.54, 1.807) is 0 Å². The highest BCUT2D eigenvalue weighted by Crippen LogP contribution is 1.89. The van der Waals surface area contributed by atoms with Crippen molar-refractivity contribution in [2.45, 2.75) is 33.6 Å². The zero-order chi connectivity index (χ0) is 11.5. The predicted molar refractivity (Wildman–Crippen MR) is 63.4 cm³/mol. The highest BCUT2D eigenvalue weighted by Gasteiger charge is 2.03. The Labute approximate surface area is 93.0 Å². The molecule has 0 aromatic rings. The van der Waals surface area contributed by atoms with Gasteiger partial charge >= 0.3 is 0 Å². The standard InChI is InChI=1S/C12H22N2O/c1-4-13-9-7-5-6-8-10-14-12(15)11(2)3/h11,13H,4,7-10H2,1-3H3,(H,14,15). The fraction of sp³-hybridized carbons (Fsp3) is 0.750. The Hall–Kier alpha value is -1.01. The van der Waals surface area contributed by atoms with E-state index < -0.39 is 0 Å². The summed E-state index contributed by atoms with van der Waals surface area (Å²) in [6.07, 6.45) is 1.62. The second-order valence-corrected chi connectivity index (χ2v) is 3.65. The molecule has 0 spiro atoms. The molecule has 0 saturated heterocycles. The van der Waals surface area contributed by atoms with E-state index in [0.29, 0.717) is 6.54 Å². The third-order valence-corrected chi connectivity index (χ3v) is 1.88. The molecule has 0 aromatic carbocycles. The van der Waals surface area contributed by atoms with Gasteiger partial charge in [-0.1, -0.05) is 20.8 Å². The minimum Gasteiger partial charge on any atom is -0.355 e. The molecule has 0 fully saturated rings. The summed E-state index contributed by atoms with van der Waals surface area (Å²) in [5.74, 6) is 6.26. The van der Waals surface area contributed by atoms with E-state index in [0.717, 1.165) is 25.9 Å². The first-order valence-electron chi connectivity index (χ1n) is 5.62. The molecular weight excluding hydrogens is 188 g/mol. The molecule has 86 valence electrons. The molecule has 0 heterocycles. The zero-order valence-corrected chi connectivity index (χ0v) is 10.0. The highest BCUT2D eigenvalue weighted by molar-refractivity contribution is 5.77. The Morgan fingerprint density at radius 2 is 1.80 bits per heavy atom. The van der Waals surface area contributed by atoms with Crippen LogP contribution in [0.5, 0.6) is 0 Å². The highest BCUT2D eigenvalue weighted by atomic mass is 16.1. The van der Waals surface area contributed by atoms with Crippen LogP contribution in [-0.4, -0.2) is 25.5 Å². The van der Waals surface area contributed by atoms with Gasteiger partial charge in [-0.05, 0) is 6.54 Å². The third kappa shape index (κ3) is 9.30. The molecule has 0 aliphatic rings. The lowest BCUT2D eigenvalue weighted by Crippen LogP contribution is -2.28. The van der Waals surface area contributed by atoms with E-state index in [4.69, 9.17) is 0 Å². The quantitative estimate of drug-likeness (QED) is 0.510. The molecule has 15 heavy (non-hydrogen) atoms. The van der Waals surface area contributed by atoms with Crippen molar-refractivity contribution >= 4 is 5.91 Å². The summed E-state index contributed by atoms with van der Waals surface area (Å²) in [6.45, 7) is 8.45. The molecule has 0 radical (unpaired) electrons. The Bertz CT molecular complexity index is 226. The van der Waals surface area contributed by atoms with Gasteiger partial charge < -0.3 is 10.6 Å². The number of hydrogen-bond donors (Lipinski definition) is 2. The first kappa shape index (κ1) is 14.0. The Morgan fingerprint density at radius 3 is 2.33 bits per heavy atom. The van der Waals surface area contributed by atoms with E-state index in [2.05, 4.69) is 29.4 Å². The first-order chi connectivity index (χ1) is 7.18. The molecule has 3 nitrogen and oxygen atoms in total. The second kappa shape index (κ2) is 9.54. The van der Waals surface area contributed by atoms with Gasteiger partial charge in [0.05, 0.1) is 0 Å². The SMILES string of the molecule is CCNCCC#CCCNC(=O)C(C)C. The van der Waals surface area contributed by atoms with Gasteiger partial charge in [-0.25, -0.2) is 0 Å². The van der Waals surface area contributed by atoms with Crippen molar-refractivity contribution in [2.24, 2.45) is 5.92 Å². The van der Waals surface area contributed by atoms with Crippen LogP contribution in [0.3, 0.4) is 0 Å². The van der Waals surface area contributed by atoms with Crippen LogP contribution in [-0.2, 0) is 4.79 Å². The molecule has 0 rings (SSSR count). The second-order valence-electron chi connectivity index (χ2n) is 3.65. The average molecular weight is 210 g/mol. The lowest BCUT2D eigenvalue weighted by atomic mass is 10.2. The van der Waals surface area contributed by atoms with Crippen LogP contribution in [0.4, 0.5) is 0 Å². The summed E-state index contributed by atoms with van der Waals surface area (Å²) in [5.41, 5.74) is 0. The van der Waals surface area contributed by atoms with Crippen LogP contribution in [0.25, 0.3) is 0 Å². The van der Waals surface area contributed by atoms with Crippen LogP contribution in [0.1, 0.15) is 33.6 Å². The third-order valence-electron chi connectivity index (χ3n) is 1.88. The van der Waals surface area contributed by atoms with Crippen molar-refractivity contribution in [3.8, 4) is 11.8 Å². The molecule has 0 aliphatic carbocycles. The van der Waals surface area contributed by atoms with Crippen LogP contribution in [0, 0.1) is 17.8 Å². The fourth-order valence-corrected chi connectivity index (χ4v) is 0.957.